The third kappa shape index (κ3) is 67.6. The average molecular weight is 1150 g/mol. The molecule has 0 amide bonds. The highest BCUT2D eigenvalue weighted by Crippen LogP contribution is 2.18. The van der Waals surface area contributed by atoms with Gasteiger partial charge in [0.2, 0.25) is 0 Å². The quantitative estimate of drug-likeness (QED) is 0.0261. The van der Waals surface area contributed by atoms with Crippen LogP contribution >= 0.6 is 0 Å². The zero-order valence-electron chi connectivity index (χ0n) is 54.8. The lowest BCUT2D eigenvalue weighted by Crippen LogP contribution is -2.30. The van der Waals surface area contributed by atoms with E-state index in [1.54, 1.807) is 0 Å². The minimum absolute atomic E-state index is 0.0694. The molecule has 0 aliphatic rings. The molecule has 0 radical (unpaired) electrons. The second-order valence-electron chi connectivity index (χ2n) is 24.1. The third-order valence-electron chi connectivity index (χ3n) is 16.0. The number of esters is 3. The van der Waals surface area contributed by atoms with E-state index >= 15 is 0 Å². The normalized spacial score (nSPS) is 12.5. The molecule has 0 aromatic rings. The molecule has 0 N–H and O–H groups in total. The molecule has 0 fully saturated rings. The summed E-state index contributed by atoms with van der Waals surface area (Å²) >= 11 is 0. The van der Waals surface area contributed by atoms with Crippen molar-refractivity contribution < 1.29 is 28.6 Å². The number of allylic oxidation sites excluding steroid dienone is 12. The van der Waals surface area contributed by atoms with Crippen LogP contribution in [0.2, 0.25) is 0 Å². The Labute approximate surface area is 510 Å². The molecule has 82 heavy (non-hydrogen) atoms. The minimum atomic E-state index is -0.772. The number of carbonyl (C=O) groups is 3. The van der Waals surface area contributed by atoms with E-state index in [1.165, 1.54) is 238 Å². The highest BCUT2D eigenvalue weighted by Gasteiger charge is 2.19. The predicted molar refractivity (Wildman–Crippen MR) is 358 cm³/mol. The van der Waals surface area contributed by atoms with E-state index in [0.29, 0.717) is 19.3 Å². The van der Waals surface area contributed by atoms with Crippen LogP contribution in [0.4, 0.5) is 0 Å². The van der Waals surface area contributed by atoms with Crippen molar-refractivity contribution in [3.8, 4) is 0 Å². The van der Waals surface area contributed by atoms with Gasteiger partial charge in [0.1, 0.15) is 13.2 Å². The van der Waals surface area contributed by atoms with Crippen molar-refractivity contribution in [2.75, 3.05) is 13.2 Å². The molecule has 0 aromatic heterocycles. The van der Waals surface area contributed by atoms with Crippen molar-refractivity contribution >= 4 is 17.9 Å². The lowest BCUT2D eigenvalue weighted by molar-refractivity contribution is -0.167. The van der Waals surface area contributed by atoms with E-state index < -0.39 is 6.10 Å². The lowest BCUT2D eigenvalue weighted by Gasteiger charge is -2.18. The Bertz CT molecular complexity index is 1500. The highest BCUT2D eigenvalue weighted by molar-refractivity contribution is 5.71. The van der Waals surface area contributed by atoms with Gasteiger partial charge in [-0.2, -0.15) is 0 Å². The topological polar surface area (TPSA) is 78.9 Å². The van der Waals surface area contributed by atoms with E-state index in [-0.39, 0.29) is 31.1 Å². The van der Waals surface area contributed by atoms with Gasteiger partial charge >= 0.3 is 17.9 Å². The molecule has 0 rings (SSSR count). The van der Waals surface area contributed by atoms with Gasteiger partial charge in [0.15, 0.2) is 6.10 Å². The summed E-state index contributed by atoms with van der Waals surface area (Å²) in [5.74, 6) is -0.849. The molecule has 0 aromatic carbocycles. The first-order valence-corrected chi connectivity index (χ1v) is 35.9. The average Bonchev–Trinajstić information content (AvgIpc) is 3.47. The molecule has 0 saturated carbocycles. The molecule has 0 heterocycles. The first kappa shape index (κ1) is 78.8. The Kier molecular flexibility index (Phi) is 67.6. The van der Waals surface area contributed by atoms with E-state index in [1.807, 2.05) is 0 Å². The zero-order chi connectivity index (χ0) is 59.2. The fourth-order valence-corrected chi connectivity index (χ4v) is 10.6. The largest absolute Gasteiger partial charge is 0.462 e. The molecule has 0 saturated heterocycles. The van der Waals surface area contributed by atoms with Gasteiger partial charge in [0, 0.05) is 19.3 Å². The lowest BCUT2D eigenvalue weighted by atomic mass is 10.0. The molecule has 0 aliphatic heterocycles. The van der Waals surface area contributed by atoms with Crippen LogP contribution in [0.15, 0.2) is 72.9 Å². The van der Waals surface area contributed by atoms with Crippen LogP contribution in [0.25, 0.3) is 0 Å². The summed E-state index contributed by atoms with van der Waals surface area (Å²) < 4.78 is 17.0. The van der Waals surface area contributed by atoms with Gasteiger partial charge in [0.05, 0.1) is 0 Å². The van der Waals surface area contributed by atoms with Crippen LogP contribution in [0.3, 0.4) is 0 Å². The summed E-state index contributed by atoms with van der Waals surface area (Å²) in [7, 11) is 0. The van der Waals surface area contributed by atoms with Crippen molar-refractivity contribution in [1.82, 2.24) is 0 Å². The van der Waals surface area contributed by atoms with E-state index in [2.05, 4.69) is 93.7 Å². The van der Waals surface area contributed by atoms with Crippen molar-refractivity contribution in [3.63, 3.8) is 0 Å². The predicted octanol–water partition coefficient (Wildman–Crippen LogP) is 24.8. The number of ether oxygens (including phenoxy) is 3. The van der Waals surface area contributed by atoms with E-state index in [4.69, 9.17) is 14.2 Å². The maximum Gasteiger partial charge on any atom is 0.306 e. The SMILES string of the molecule is CC/C=C\C/C=C\C/C=C\C/C=C\C/C=C\C/C=C\CCCCCCCCCCCCCCC(=O)OCC(COC(=O)CCCCCCCCCCCC)OC(=O)CCCCCCCCCCCCCCCCCCCCCCCCC. The summed E-state index contributed by atoms with van der Waals surface area (Å²) in [4.78, 5) is 38.4. The maximum atomic E-state index is 12.9. The maximum absolute atomic E-state index is 12.9. The Morgan fingerprint density at radius 2 is 0.476 bits per heavy atom. The summed E-state index contributed by atoms with van der Waals surface area (Å²) in [5.41, 5.74) is 0. The molecule has 6 heteroatoms. The van der Waals surface area contributed by atoms with Crippen LogP contribution in [0, 0.1) is 0 Å². The van der Waals surface area contributed by atoms with Gasteiger partial charge in [-0.3, -0.25) is 14.4 Å². The van der Waals surface area contributed by atoms with Crippen LogP contribution in [0.5, 0.6) is 0 Å². The molecular formula is C76H136O6. The van der Waals surface area contributed by atoms with Crippen molar-refractivity contribution in [1.29, 1.82) is 0 Å². The minimum Gasteiger partial charge on any atom is -0.462 e. The second kappa shape index (κ2) is 70.3. The van der Waals surface area contributed by atoms with Gasteiger partial charge in [-0.1, -0.05) is 357 Å². The summed E-state index contributed by atoms with van der Waals surface area (Å²) in [6, 6.07) is 0. The third-order valence-corrected chi connectivity index (χ3v) is 16.0. The number of hydrogen-bond donors (Lipinski definition) is 0. The van der Waals surface area contributed by atoms with Gasteiger partial charge in [-0.15, -0.1) is 0 Å². The zero-order valence-corrected chi connectivity index (χ0v) is 54.8. The Morgan fingerprint density at radius 1 is 0.256 bits per heavy atom. The molecule has 1 unspecified atom stereocenters. The fraction of sp³-hybridized carbons (Fsp3) is 0.803. The molecule has 0 spiro atoms. The van der Waals surface area contributed by atoms with Crippen molar-refractivity contribution in [2.45, 2.75) is 380 Å². The Hall–Kier alpha value is -3.15. The summed E-state index contributed by atoms with van der Waals surface area (Å²) in [6.07, 6.45) is 92.3. The highest BCUT2D eigenvalue weighted by atomic mass is 16.6. The van der Waals surface area contributed by atoms with Crippen LogP contribution in [-0.2, 0) is 28.6 Å². The molecule has 6 nitrogen and oxygen atoms in total. The monoisotopic (exact) mass is 1150 g/mol. The van der Waals surface area contributed by atoms with Gasteiger partial charge < -0.3 is 14.2 Å². The summed E-state index contributed by atoms with van der Waals surface area (Å²) in [5, 5.41) is 0. The number of carbonyl (C=O) groups excluding carboxylic acids is 3. The first-order valence-electron chi connectivity index (χ1n) is 35.9. The Morgan fingerprint density at radius 3 is 0.744 bits per heavy atom. The first-order chi connectivity index (χ1) is 40.5. The number of rotatable bonds is 66. The molecule has 0 aliphatic carbocycles. The molecule has 0 bridgehead atoms. The summed E-state index contributed by atoms with van der Waals surface area (Å²) in [6.45, 7) is 6.57. The van der Waals surface area contributed by atoms with E-state index in [9.17, 15) is 14.4 Å². The molecular weight excluding hydrogens is 1010 g/mol. The molecule has 1 atom stereocenters. The fourth-order valence-electron chi connectivity index (χ4n) is 10.6. The van der Waals surface area contributed by atoms with Gasteiger partial charge in [-0.25, -0.2) is 0 Å². The number of unbranched alkanes of at least 4 members (excludes halogenated alkanes) is 43. The molecule has 476 valence electrons. The van der Waals surface area contributed by atoms with Crippen LogP contribution in [-0.4, -0.2) is 37.2 Å². The number of hydrogen-bond acceptors (Lipinski definition) is 6. The van der Waals surface area contributed by atoms with Crippen LogP contribution < -0.4 is 0 Å². The van der Waals surface area contributed by atoms with Gasteiger partial charge in [-0.05, 0) is 70.6 Å². The Balaban J connectivity index is 4.15. The van der Waals surface area contributed by atoms with E-state index in [0.717, 1.165) is 96.3 Å². The van der Waals surface area contributed by atoms with Gasteiger partial charge in [0.25, 0.3) is 0 Å². The van der Waals surface area contributed by atoms with Crippen molar-refractivity contribution in [2.24, 2.45) is 0 Å². The van der Waals surface area contributed by atoms with Crippen molar-refractivity contribution in [3.05, 3.63) is 72.9 Å². The standard InChI is InChI=1S/C76H136O6/c1-4-7-10-13-16-19-22-24-26-28-30-32-34-35-36-37-38-39-40-41-43-44-46-48-50-52-54-57-60-63-66-69-75(78)81-72-73(71-80-74(77)68-65-62-59-56-21-18-15-12-9-6-3)82-76(79)70-67-64-61-58-55-53-51-49-47-45-42-33-31-29-27-25-23-20-17-14-11-8-5-2/h7,10,16,19,24,26,30,32,35-36,38-39,73H,4-6,8-9,11-15,17-18,20-23,25,27-29,31,33-34,37,40-72H2,1-3H3/b10-7-,19-16-,26-24-,32-30-,36-35-,39-38-. The second-order valence-corrected chi connectivity index (χ2v) is 24.1. The van der Waals surface area contributed by atoms with Crippen LogP contribution in [0.1, 0.15) is 374 Å². The smallest absolute Gasteiger partial charge is 0.306 e.